The lowest BCUT2D eigenvalue weighted by atomic mass is 10.0. The number of nitrogens with two attached hydrogens (primary N) is 1. The van der Waals surface area contributed by atoms with Crippen LogP contribution in [0.2, 0.25) is 0 Å². The standard InChI is InChI=1S/C18H19FN2O2/c19-14-11-21(16-8-4-5-9-17(16)23-12-14)18(22)10-15(20)13-6-2-1-3-7-13/h1-9,14-15H,10-12,20H2. The number of ether oxygens (including phenoxy) is 1. The van der Waals surface area contributed by atoms with Crippen molar-refractivity contribution in [2.45, 2.75) is 18.6 Å². The van der Waals surface area contributed by atoms with Gasteiger partial charge in [0.15, 0.2) is 6.17 Å². The van der Waals surface area contributed by atoms with Crippen LogP contribution in [0, 0.1) is 0 Å². The van der Waals surface area contributed by atoms with Gasteiger partial charge in [0.1, 0.15) is 12.4 Å². The Labute approximate surface area is 134 Å². The second kappa shape index (κ2) is 6.79. The highest BCUT2D eigenvalue weighted by atomic mass is 19.1. The first-order valence-corrected chi connectivity index (χ1v) is 7.62. The summed E-state index contributed by atoms with van der Waals surface area (Å²) < 4.78 is 19.4. The number of hydrogen-bond acceptors (Lipinski definition) is 3. The number of hydrogen-bond donors (Lipinski definition) is 1. The maximum absolute atomic E-state index is 13.9. The Hall–Kier alpha value is -2.40. The summed E-state index contributed by atoms with van der Waals surface area (Å²) in [4.78, 5) is 14.1. The molecule has 0 bridgehead atoms. The van der Waals surface area contributed by atoms with Gasteiger partial charge in [0.2, 0.25) is 5.91 Å². The Morgan fingerprint density at radius 2 is 1.91 bits per heavy atom. The number of para-hydroxylation sites is 2. The van der Waals surface area contributed by atoms with Crippen molar-refractivity contribution < 1.29 is 13.9 Å². The predicted octanol–water partition coefficient (Wildman–Crippen LogP) is 2.84. The van der Waals surface area contributed by atoms with E-state index in [1.54, 1.807) is 24.3 Å². The van der Waals surface area contributed by atoms with Crippen molar-refractivity contribution in [3.05, 3.63) is 60.2 Å². The minimum atomic E-state index is -1.22. The molecule has 2 unspecified atom stereocenters. The number of carbonyl (C=O) groups is 1. The van der Waals surface area contributed by atoms with Gasteiger partial charge in [-0.15, -0.1) is 0 Å². The van der Waals surface area contributed by atoms with E-state index in [1.807, 2.05) is 30.3 Å². The smallest absolute Gasteiger partial charge is 0.229 e. The summed E-state index contributed by atoms with van der Waals surface area (Å²) in [6.07, 6.45) is -1.11. The minimum Gasteiger partial charge on any atom is -0.488 e. The van der Waals surface area contributed by atoms with Gasteiger partial charge >= 0.3 is 0 Å². The van der Waals surface area contributed by atoms with Crippen LogP contribution in [0.3, 0.4) is 0 Å². The Bertz CT molecular complexity index is 678. The lowest BCUT2D eigenvalue weighted by Crippen LogP contribution is -2.37. The Morgan fingerprint density at radius 3 is 2.70 bits per heavy atom. The molecule has 1 heterocycles. The molecule has 2 aromatic carbocycles. The van der Waals surface area contributed by atoms with Crippen LogP contribution in [0.1, 0.15) is 18.0 Å². The number of benzene rings is 2. The van der Waals surface area contributed by atoms with Gasteiger partial charge < -0.3 is 15.4 Å². The van der Waals surface area contributed by atoms with Gasteiger partial charge in [-0.05, 0) is 17.7 Å². The summed E-state index contributed by atoms with van der Waals surface area (Å²) in [5, 5.41) is 0. The van der Waals surface area contributed by atoms with E-state index in [4.69, 9.17) is 10.5 Å². The SMILES string of the molecule is NC(CC(=O)N1CC(F)COc2ccccc21)c1ccccc1. The van der Waals surface area contributed by atoms with Crippen LogP contribution in [-0.2, 0) is 4.79 Å². The average molecular weight is 314 g/mol. The average Bonchev–Trinajstić information content (AvgIpc) is 2.75. The maximum Gasteiger partial charge on any atom is 0.229 e. The van der Waals surface area contributed by atoms with Gasteiger partial charge in [-0.25, -0.2) is 4.39 Å². The number of rotatable bonds is 3. The zero-order chi connectivity index (χ0) is 16.2. The van der Waals surface area contributed by atoms with Crippen LogP contribution in [-0.4, -0.2) is 25.2 Å². The molecule has 2 aromatic rings. The van der Waals surface area contributed by atoms with Crippen LogP contribution in [0.5, 0.6) is 5.75 Å². The largest absolute Gasteiger partial charge is 0.488 e. The number of amides is 1. The third-order valence-corrected chi connectivity index (χ3v) is 3.88. The van der Waals surface area contributed by atoms with E-state index in [1.165, 1.54) is 4.90 Å². The first-order valence-electron chi connectivity index (χ1n) is 7.62. The molecule has 0 radical (unpaired) electrons. The number of anilines is 1. The minimum absolute atomic E-state index is 0.0165. The summed E-state index contributed by atoms with van der Waals surface area (Å²) in [6.45, 7) is -0.0666. The molecular formula is C18H19FN2O2. The Morgan fingerprint density at radius 1 is 1.22 bits per heavy atom. The van der Waals surface area contributed by atoms with Crippen molar-refractivity contribution >= 4 is 11.6 Å². The van der Waals surface area contributed by atoms with Crippen LogP contribution < -0.4 is 15.4 Å². The fourth-order valence-corrected chi connectivity index (χ4v) is 2.68. The Kier molecular flexibility index (Phi) is 4.57. The highest BCUT2D eigenvalue weighted by Crippen LogP contribution is 2.32. The number of halogens is 1. The molecule has 0 spiro atoms. The number of carbonyl (C=O) groups excluding carboxylic acids is 1. The van der Waals surface area contributed by atoms with Crippen molar-refractivity contribution in [3.8, 4) is 5.75 Å². The van der Waals surface area contributed by atoms with Gasteiger partial charge in [0.25, 0.3) is 0 Å². The summed E-state index contributed by atoms with van der Waals surface area (Å²) in [6, 6.07) is 16.1. The van der Waals surface area contributed by atoms with E-state index in [0.717, 1.165) is 5.56 Å². The molecule has 1 amide bonds. The van der Waals surface area contributed by atoms with Gasteiger partial charge in [0, 0.05) is 12.5 Å². The van der Waals surface area contributed by atoms with Crippen molar-refractivity contribution in [1.29, 1.82) is 0 Å². The normalized spacial score (nSPS) is 18.5. The molecule has 0 aromatic heterocycles. The second-order valence-corrected chi connectivity index (χ2v) is 5.60. The number of nitrogens with zero attached hydrogens (tertiary/aromatic N) is 1. The lowest BCUT2D eigenvalue weighted by molar-refractivity contribution is -0.119. The molecule has 120 valence electrons. The molecule has 1 aliphatic heterocycles. The summed E-state index contributed by atoms with van der Waals surface area (Å²) >= 11 is 0. The van der Waals surface area contributed by atoms with E-state index in [2.05, 4.69) is 0 Å². The van der Waals surface area contributed by atoms with E-state index in [-0.39, 0.29) is 25.5 Å². The maximum atomic E-state index is 13.9. The van der Waals surface area contributed by atoms with E-state index in [0.29, 0.717) is 11.4 Å². The molecule has 4 nitrogen and oxygen atoms in total. The predicted molar refractivity (Wildman–Crippen MR) is 87.2 cm³/mol. The third kappa shape index (κ3) is 3.51. The molecule has 23 heavy (non-hydrogen) atoms. The van der Waals surface area contributed by atoms with Crippen LogP contribution in [0.4, 0.5) is 10.1 Å². The molecule has 5 heteroatoms. The van der Waals surface area contributed by atoms with Crippen molar-refractivity contribution in [2.24, 2.45) is 5.73 Å². The van der Waals surface area contributed by atoms with Crippen molar-refractivity contribution in [1.82, 2.24) is 0 Å². The molecule has 1 aliphatic rings. The molecular weight excluding hydrogens is 295 g/mol. The summed E-state index contributed by atoms with van der Waals surface area (Å²) in [5.41, 5.74) is 7.61. The van der Waals surface area contributed by atoms with Gasteiger partial charge in [-0.3, -0.25) is 4.79 Å². The molecule has 0 fully saturated rings. The van der Waals surface area contributed by atoms with Crippen molar-refractivity contribution in [3.63, 3.8) is 0 Å². The molecule has 2 N–H and O–H groups in total. The second-order valence-electron chi connectivity index (χ2n) is 5.60. The molecule has 3 rings (SSSR count). The van der Waals surface area contributed by atoms with E-state index in [9.17, 15) is 9.18 Å². The fraction of sp³-hybridized carbons (Fsp3) is 0.278. The summed E-state index contributed by atoms with van der Waals surface area (Å²) in [7, 11) is 0. The Balaban J connectivity index is 1.80. The van der Waals surface area contributed by atoms with Crippen LogP contribution >= 0.6 is 0 Å². The van der Waals surface area contributed by atoms with Gasteiger partial charge in [-0.2, -0.15) is 0 Å². The zero-order valence-electron chi connectivity index (χ0n) is 12.7. The summed E-state index contributed by atoms with van der Waals surface area (Å²) in [5.74, 6) is 0.316. The third-order valence-electron chi connectivity index (χ3n) is 3.88. The quantitative estimate of drug-likeness (QED) is 0.948. The molecule has 0 saturated heterocycles. The van der Waals surface area contributed by atoms with Gasteiger partial charge in [0.05, 0.1) is 12.2 Å². The molecule has 0 aliphatic carbocycles. The van der Waals surface area contributed by atoms with Crippen molar-refractivity contribution in [2.75, 3.05) is 18.1 Å². The highest BCUT2D eigenvalue weighted by Gasteiger charge is 2.28. The topological polar surface area (TPSA) is 55.6 Å². The first kappa shape index (κ1) is 15.5. The van der Waals surface area contributed by atoms with E-state index < -0.39 is 12.2 Å². The van der Waals surface area contributed by atoms with Crippen LogP contribution in [0.25, 0.3) is 0 Å². The fourth-order valence-electron chi connectivity index (χ4n) is 2.68. The number of alkyl halides is 1. The van der Waals surface area contributed by atoms with E-state index >= 15 is 0 Å². The van der Waals surface area contributed by atoms with Gasteiger partial charge in [-0.1, -0.05) is 42.5 Å². The first-order chi connectivity index (χ1) is 11.1. The highest BCUT2D eigenvalue weighted by molar-refractivity contribution is 5.95. The lowest BCUT2D eigenvalue weighted by Gasteiger charge is -2.24. The number of fused-ring (bicyclic) bond motifs is 1. The van der Waals surface area contributed by atoms with Crippen LogP contribution in [0.15, 0.2) is 54.6 Å². The molecule has 0 saturated carbocycles. The molecule has 2 atom stereocenters. The monoisotopic (exact) mass is 314 g/mol. The zero-order valence-corrected chi connectivity index (χ0v) is 12.7.